The van der Waals surface area contributed by atoms with E-state index in [1.165, 1.54) is 25.3 Å². The van der Waals surface area contributed by atoms with Gasteiger partial charge < -0.3 is 14.0 Å². The van der Waals surface area contributed by atoms with Crippen molar-refractivity contribution in [2.75, 3.05) is 7.11 Å². The Morgan fingerprint density at radius 1 is 1.09 bits per heavy atom. The van der Waals surface area contributed by atoms with E-state index in [2.05, 4.69) is 0 Å². The third kappa shape index (κ3) is 2.27. The molecule has 0 saturated heterocycles. The molecule has 112 valence electrons. The average molecular weight is 301 g/mol. The molecular formula is C15H11NO6. The quantitative estimate of drug-likeness (QED) is 0.800. The van der Waals surface area contributed by atoms with Gasteiger partial charge in [0.1, 0.15) is 12.4 Å². The van der Waals surface area contributed by atoms with Gasteiger partial charge in [-0.2, -0.15) is 0 Å². The van der Waals surface area contributed by atoms with Crippen molar-refractivity contribution >= 4 is 17.8 Å². The number of fused-ring (bicyclic) bond motifs is 1. The number of rotatable bonds is 4. The monoisotopic (exact) mass is 301 g/mol. The summed E-state index contributed by atoms with van der Waals surface area (Å²) in [5.41, 5.74) is 0.389. The normalized spacial score (nSPS) is 13.4. The third-order valence-corrected chi connectivity index (χ3v) is 3.08. The molecule has 2 aromatic rings. The van der Waals surface area contributed by atoms with Gasteiger partial charge in [0.2, 0.25) is 5.76 Å². The summed E-state index contributed by atoms with van der Waals surface area (Å²) in [6.07, 6.45) is 0. The Labute approximate surface area is 125 Å². The van der Waals surface area contributed by atoms with Crippen LogP contribution in [0.4, 0.5) is 0 Å². The maximum absolute atomic E-state index is 12.1. The van der Waals surface area contributed by atoms with Crippen LogP contribution in [-0.4, -0.2) is 30.0 Å². The first-order valence-electron chi connectivity index (χ1n) is 6.39. The molecule has 0 bridgehead atoms. The maximum Gasteiger partial charge on any atom is 0.399 e. The molecule has 1 aliphatic rings. The zero-order chi connectivity index (χ0) is 15.7. The summed E-state index contributed by atoms with van der Waals surface area (Å²) in [6, 6.07) is 9.16. The summed E-state index contributed by atoms with van der Waals surface area (Å²) in [6.45, 7) is 0.195. The maximum atomic E-state index is 12.1. The molecule has 0 atom stereocenters. The minimum absolute atomic E-state index is 0.122. The van der Waals surface area contributed by atoms with Crippen LogP contribution in [0.3, 0.4) is 0 Å². The van der Waals surface area contributed by atoms with E-state index in [0.717, 1.165) is 0 Å². The van der Waals surface area contributed by atoms with Gasteiger partial charge in [-0.25, -0.2) is 4.79 Å². The molecule has 7 nitrogen and oxygen atoms in total. The molecule has 1 aromatic heterocycles. The lowest BCUT2D eigenvalue weighted by atomic mass is 10.1. The molecule has 0 saturated carbocycles. The topological polar surface area (TPSA) is 86.0 Å². The zero-order valence-electron chi connectivity index (χ0n) is 11.6. The van der Waals surface area contributed by atoms with E-state index in [1.54, 1.807) is 18.2 Å². The highest BCUT2D eigenvalue weighted by Gasteiger charge is 2.39. The van der Waals surface area contributed by atoms with Crippen LogP contribution >= 0.6 is 0 Å². The van der Waals surface area contributed by atoms with Gasteiger partial charge in [0.15, 0.2) is 0 Å². The van der Waals surface area contributed by atoms with Gasteiger partial charge >= 0.3 is 5.97 Å². The summed E-state index contributed by atoms with van der Waals surface area (Å²) in [5, 5.41) is 0.436. The van der Waals surface area contributed by atoms with Crippen molar-refractivity contribution in [3.8, 4) is 0 Å². The largest absolute Gasteiger partial charge is 0.452 e. The first-order valence-corrected chi connectivity index (χ1v) is 6.39. The second-order valence-corrected chi connectivity index (χ2v) is 4.53. The standard InChI is InChI=1S/C15H11NO6/c1-20-8-9-6-7-12(21-9)15(19)22-16-13(17)10-4-2-3-5-11(10)14(16)18/h2-7H,8H2,1H3. The lowest BCUT2D eigenvalue weighted by Crippen LogP contribution is -2.32. The van der Waals surface area contributed by atoms with Crippen LogP contribution < -0.4 is 0 Å². The molecule has 2 heterocycles. The van der Waals surface area contributed by atoms with Crippen molar-refractivity contribution in [2.24, 2.45) is 0 Å². The molecule has 3 rings (SSSR count). The minimum Gasteiger partial charge on any atom is -0.452 e. The highest BCUT2D eigenvalue weighted by molar-refractivity contribution is 6.21. The van der Waals surface area contributed by atoms with Gasteiger partial charge in [-0.05, 0) is 24.3 Å². The predicted molar refractivity (Wildman–Crippen MR) is 71.8 cm³/mol. The van der Waals surface area contributed by atoms with Crippen molar-refractivity contribution in [1.29, 1.82) is 0 Å². The number of methoxy groups -OCH3 is 1. The minimum atomic E-state index is -0.933. The summed E-state index contributed by atoms with van der Waals surface area (Å²) in [7, 11) is 1.49. The molecule has 0 radical (unpaired) electrons. The number of hydroxylamine groups is 2. The number of furan rings is 1. The molecule has 0 aliphatic carbocycles. The molecule has 0 fully saturated rings. The molecule has 0 spiro atoms. The average Bonchev–Trinajstić information content (AvgIpc) is 3.08. The van der Waals surface area contributed by atoms with E-state index >= 15 is 0 Å². The Morgan fingerprint density at radius 3 is 2.32 bits per heavy atom. The van der Waals surface area contributed by atoms with E-state index in [4.69, 9.17) is 14.0 Å². The first-order chi connectivity index (χ1) is 10.6. The Balaban J connectivity index is 1.77. The van der Waals surface area contributed by atoms with Crippen molar-refractivity contribution in [3.05, 3.63) is 59.0 Å². The van der Waals surface area contributed by atoms with Crippen LogP contribution in [0.2, 0.25) is 0 Å². The van der Waals surface area contributed by atoms with Crippen molar-refractivity contribution in [3.63, 3.8) is 0 Å². The highest BCUT2D eigenvalue weighted by Crippen LogP contribution is 2.23. The fourth-order valence-electron chi connectivity index (χ4n) is 2.09. The fourth-order valence-corrected chi connectivity index (χ4v) is 2.09. The summed E-state index contributed by atoms with van der Waals surface area (Å²) >= 11 is 0. The number of hydrogen-bond acceptors (Lipinski definition) is 6. The second kappa shape index (κ2) is 5.45. The van der Waals surface area contributed by atoms with Crippen LogP contribution in [0.25, 0.3) is 0 Å². The van der Waals surface area contributed by atoms with Gasteiger partial charge in [-0.1, -0.05) is 17.2 Å². The molecule has 0 unspecified atom stereocenters. The third-order valence-electron chi connectivity index (χ3n) is 3.08. The molecule has 22 heavy (non-hydrogen) atoms. The lowest BCUT2D eigenvalue weighted by molar-refractivity contribution is -0.0604. The van der Waals surface area contributed by atoms with Gasteiger partial charge in [0.25, 0.3) is 11.8 Å². The van der Waals surface area contributed by atoms with Gasteiger partial charge in [0.05, 0.1) is 11.1 Å². The molecule has 7 heteroatoms. The summed E-state index contributed by atoms with van der Waals surface area (Å²) in [5.74, 6) is -1.99. The lowest BCUT2D eigenvalue weighted by Gasteiger charge is -2.11. The SMILES string of the molecule is COCc1ccc(C(=O)ON2C(=O)c3ccccc3C2=O)o1. The van der Waals surface area contributed by atoms with Crippen molar-refractivity contribution < 1.29 is 28.4 Å². The number of carbonyl (C=O) groups excluding carboxylic acids is 3. The number of carbonyl (C=O) groups is 3. The Kier molecular flexibility index (Phi) is 3.48. The fraction of sp³-hybridized carbons (Fsp3) is 0.133. The van der Waals surface area contributed by atoms with Crippen LogP contribution in [0.15, 0.2) is 40.8 Å². The van der Waals surface area contributed by atoms with Crippen LogP contribution in [0.1, 0.15) is 37.0 Å². The summed E-state index contributed by atoms with van der Waals surface area (Å²) < 4.78 is 10.1. The van der Waals surface area contributed by atoms with E-state index < -0.39 is 17.8 Å². The number of nitrogens with zero attached hydrogens (tertiary/aromatic N) is 1. The van der Waals surface area contributed by atoms with Crippen molar-refractivity contribution in [2.45, 2.75) is 6.61 Å². The number of ether oxygens (including phenoxy) is 1. The van der Waals surface area contributed by atoms with Crippen LogP contribution in [-0.2, 0) is 16.2 Å². The number of benzene rings is 1. The molecule has 2 amide bonds. The number of hydrogen-bond donors (Lipinski definition) is 0. The van der Waals surface area contributed by atoms with Crippen LogP contribution in [0, 0.1) is 0 Å². The second-order valence-electron chi connectivity index (χ2n) is 4.53. The Bertz CT molecular complexity index is 728. The number of imide groups is 1. The molecule has 1 aromatic carbocycles. The Hall–Kier alpha value is -2.93. The van der Waals surface area contributed by atoms with Gasteiger partial charge in [0, 0.05) is 7.11 Å². The molecule has 0 N–H and O–H groups in total. The van der Waals surface area contributed by atoms with E-state index in [9.17, 15) is 14.4 Å². The predicted octanol–water partition coefficient (Wildman–Crippen LogP) is 1.79. The van der Waals surface area contributed by atoms with Crippen molar-refractivity contribution in [1.82, 2.24) is 5.06 Å². The number of amides is 2. The molecule has 1 aliphatic heterocycles. The zero-order valence-corrected chi connectivity index (χ0v) is 11.6. The van der Waals surface area contributed by atoms with Crippen LogP contribution in [0.5, 0.6) is 0 Å². The Morgan fingerprint density at radius 2 is 1.73 bits per heavy atom. The van der Waals surface area contributed by atoms with E-state index in [1.807, 2.05) is 0 Å². The van der Waals surface area contributed by atoms with E-state index in [-0.39, 0.29) is 23.5 Å². The summed E-state index contributed by atoms with van der Waals surface area (Å²) in [4.78, 5) is 40.9. The molecular weight excluding hydrogens is 290 g/mol. The van der Waals surface area contributed by atoms with E-state index in [0.29, 0.717) is 10.8 Å². The highest BCUT2D eigenvalue weighted by atomic mass is 16.7. The van der Waals surface area contributed by atoms with Gasteiger partial charge in [-0.3, -0.25) is 9.59 Å². The first kappa shape index (κ1) is 14.0. The van der Waals surface area contributed by atoms with Gasteiger partial charge in [-0.15, -0.1) is 0 Å². The smallest absolute Gasteiger partial charge is 0.399 e.